The molecule has 1 aliphatic rings. The minimum atomic E-state index is -0.381. The number of nitrogens with zero attached hydrogens (tertiary/aromatic N) is 1. The number of carbonyl (C=O) groups excluding carboxylic acids is 2. The van der Waals surface area contributed by atoms with Gasteiger partial charge in [-0.2, -0.15) is 0 Å². The number of carbonyl (C=O) groups is 2. The lowest BCUT2D eigenvalue weighted by Crippen LogP contribution is -2.63. The van der Waals surface area contributed by atoms with Crippen LogP contribution < -0.4 is 5.32 Å². The van der Waals surface area contributed by atoms with Crippen LogP contribution in [0.25, 0.3) is 0 Å². The number of hydrogen-bond acceptors (Lipinski definition) is 3. The second-order valence-electron chi connectivity index (χ2n) is 5.90. The molecule has 1 aromatic rings. The van der Waals surface area contributed by atoms with Crippen LogP contribution in [0.5, 0.6) is 0 Å². The van der Waals surface area contributed by atoms with Gasteiger partial charge in [-0.05, 0) is 23.3 Å². The molecule has 1 aromatic heterocycles. The van der Waals surface area contributed by atoms with Gasteiger partial charge < -0.3 is 10.2 Å². The molecule has 1 fully saturated rings. The first-order chi connectivity index (χ1) is 8.89. The van der Waals surface area contributed by atoms with Crippen LogP contribution in [-0.2, 0) is 16.0 Å². The van der Waals surface area contributed by atoms with Crippen molar-refractivity contribution in [3.63, 3.8) is 0 Å². The molecule has 0 bridgehead atoms. The van der Waals surface area contributed by atoms with Gasteiger partial charge in [-0.1, -0.05) is 26.8 Å². The molecule has 0 aromatic carbocycles. The predicted molar refractivity (Wildman–Crippen MR) is 76.0 cm³/mol. The van der Waals surface area contributed by atoms with Gasteiger partial charge in [0.15, 0.2) is 0 Å². The van der Waals surface area contributed by atoms with Gasteiger partial charge in [-0.3, -0.25) is 9.59 Å². The highest BCUT2D eigenvalue weighted by molar-refractivity contribution is 7.09. The molecule has 1 unspecified atom stereocenters. The molecule has 2 heterocycles. The number of hydrogen-bond donors (Lipinski definition) is 1. The van der Waals surface area contributed by atoms with Crippen molar-refractivity contribution in [2.75, 3.05) is 13.1 Å². The van der Waals surface area contributed by atoms with Gasteiger partial charge in [0, 0.05) is 11.4 Å². The molecular weight excluding hydrogens is 260 g/mol. The normalized spacial score (nSPS) is 20.6. The van der Waals surface area contributed by atoms with Crippen molar-refractivity contribution in [3.8, 4) is 0 Å². The quantitative estimate of drug-likeness (QED) is 0.915. The zero-order chi connectivity index (χ0) is 14.0. The lowest BCUT2D eigenvalue weighted by atomic mass is 9.84. The van der Waals surface area contributed by atoms with Crippen molar-refractivity contribution in [1.82, 2.24) is 10.2 Å². The molecule has 104 valence electrons. The molecule has 1 saturated heterocycles. The Kier molecular flexibility index (Phi) is 3.94. The summed E-state index contributed by atoms with van der Waals surface area (Å²) in [7, 11) is 0. The third kappa shape index (κ3) is 3.15. The topological polar surface area (TPSA) is 49.4 Å². The standard InChI is InChI=1S/C14H20N2O2S/c1-14(2,3)12-13(18)15-9-11(17)16(12)7-6-10-5-4-8-19-10/h4-5,8,12H,6-7,9H2,1-3H3,(H,15,18). The fourth-order valence-corrected chi connectivity index (χ4v) is 3.14. The molecule has 0 aliphatic carbocycles. The summed E-state index contributed by atoms with van der Waals surface area (Å²) in [6.45, 7) is 6.71. The van der Waals surface area contributed by atoms with Gasteiger partial charge >= 0.3 is 0 Å². The zero-order valence-electron chi connectivity index (χ0n) is 11.6. The van der Waals surface area contributed by atoms with E-state index < -0.39 is 0 Å². The van der Waals surface area contributed by atoms with Crippen LogP contribution in [0.3, 0.4) is 0 Å². The molecule has 0 radical (unpaired) electrons. The number of nitrogens with one attached hydrogen (secondary N) is 1. The molecule has 2 amide bonds. The van der Waals surface area contributed by atoms with E-state index in [2.05, 4.69) is 11.4 Å². The molecule has 0 saturated carbocycles. The third-order valence-corrected chi connectivity index (χ3v) is 4.23. The molecule has 1 atom stereocenters. The molecule has 19 heavy (non-hydrogen) atoms. The van der Waals surface area contributed by atoms with Gasteiger partial charge in [-0.25, -0.2) is 0 Å². The van der Waals surface area contributed by atoms with E-state index in [0.29, 0.717) is 6.54 Å². The van der Waals surface area contributed by atoms with E-state index in [1.165, 1.54) is 4.88 Å². The van der Waals surface area contributed by atoms with E-state index in [4.69, 9.17) is 0 Å². The summed E-state index contributed by atoms with van der Waals surface area (Å²) >= 11 is 1.68. The minimum absolute atomic E-state index is 0.0103. The summed E-state index contributed by atoms with van der Waals surface area (Å²) in [6.07, 6.45) is 0.809. The Morgan fingerprint density at radius 3 is 2.74 bits per heavy atom. The first kappa shape index (κ1) is 14.1. The van der Waals surface area contributed by atoms with Crippen molar-refractivity contribution >= 4 is 23.2 Å². The highest BCUT2D eigenvalue weighted by atomic mass is 32.1. The Morgan fingerprint density at radius 2 is 2.16 bits per heavy atom. The van der Waals surface area contributed by atoms with Gasteiger partial charge in [-0.15, -0.1) is 11.3 Å². The van der Waals surface area contributed by atoms with Crippen molar-refractivity contribution < 1.29 is 9.59 Å². The van der Waals surface area contributed by atoms with E-state index in [-0.39, 0.29) is 29.8 Å². The average Bonchev–Trinajstić information content (AvgIpc) is 2.81. The summed E-state index contributed by atoms with van der Waals surface area (Å²) in [5, 5.41) is 4.71. The van der Waals surface area contributed by atoms with Crippen LogP contribution >= 0.6 is 11.3 Å². The smallest absolute Gasteiger partial charge is 0.243 e. The van der Waals surface area contributed by atoms with Crippen LogP contribution in [0, 0.1) is 5.41 Å². The summed E-state index contributed by atoms with van der Waals surface area (Å²) < 4.78 is 0. The molecule has 5 heteroatoms. The maximum atomic E-state index is 12.1. The van der Waals surface area contributed by atoms with Crippen LogP contribution in [0.4, 0.5) is 0 Å². The van der Waals surface area contributed by atoms with E-state index >= 15 is 0 Å². The van der Waals surface area contributed by atoms with Gasteiger partial charge in [0.1, 0.15) is 6.04 Å². The first-order valence-corrected chi connectivity index (χ1v) is 7.37. The second-order valence-corrected chi connectivity index (χ2v) is 6.94. The number of piperazine rings is 1. The summed E-state index contributed by atoms with van der Waals surface area (Å²) in [5.41, 5.74) is -0.254. The van der Waals surface area contributed by atoms with Crippen LogP contribution in [0.2, 0.25) is 0 Å². The maximum absolute atomic E-state index is 12.1. The van der Waals surface area contributed by atoms with Crippen molar-refractivity contribution in [2.24, 2.45) is 5.41 Å². The Bertz CT molecular complexity index is 462. The van der Waals surface area contributed by atoms with Crippen LogP contribution in [0.15, 0.2) is 17.5 Å². The predicted octanol–water partition coefficient (Wildman–Crippen LogP) is 1.66. The summed E-state index contributed by atoms with van der Waals surface area (Å²) in [4.78, 5) is 27.1. The lowest BCUT2D eigenvalue weighted by Gasteiger charge is -2.42. The van der Waals surface area contributed by atoms with Crippen LogP contribution in [-0.4, -0.2) is 35.8 Å². The van der Waals surface area contributed by atoms with Gasteiger partial charge in [0.05, 0.1) is 6.54 Å². The van der Waals surface area contributed by atoms with Crippen molar-refractivity contribution in [1.29, 1.82) is 0 Å². The Morgan fingerprint density at radius 1 is 1.42 bits per heavy atom. The van der Waals surface area contributed by atoms with E-state index in [0.717, 1.165) is 6.42 Å². The number of thiophene rings is 1. The zero-order valence-corrected chi connectivity index (χ0v) is 12.4. The fraction of sp³-hybridized carbons (Fsp3) is 0.571. The third-order valence-electron chi connectivity index (χ3n) is 3.29. The van der Waals surface area contributed by atoms with E-state index in [1.807, 2.05) is 32.2 Å². The highest BCUT2D eigenvalue weighted by Crippen LogP contribution is 2.27. The largest absolute Gasteiger partial charge is 0.345 e. The molecule has 4 nitrogen and oxygen atoms in total. The van der Waals surface area contributed by atoms with Crippen molar-refractivity contribution in [2.45, 2.75) is 33.2 Å². The SMILES string of the molecule is CC(C)(C)C1C(=O)NCC(=O)N1CCc1cccs1. The summed E-state index contributed by atoms with van der Waals surface area (Å²) in [5.74, 6) is -0.0330. The molecule has 1 aliphatic heterocycles. The second kappa shape index (κ2) is 5.33. The monoisotopic (exact) mass is 280 g/mol. The van der Waals surface area contributed by atoms with Crippen molar-refractivity contribution in [3.05, 3.63) is 22.4 Å². The Hall–Kier alpha value is -1.36. The minimum Gasteiger partial charge on any atom is -0.345 e. The number of amides is 2. The highest BCUT2D eigenvalue weighted by Gasteiger charge is 2.41. The fourth-order valence-electron chi connectivity index (χ4n) is 2.45. The molecular formula is C14H20N2O2S. The lowest BCUT2D eigenvalue weighted by molar-refractivity contribution is -0.149. The number of rotatable bonds is 3. The molecule has 0 spiro atoms. The van der Waals surface area contributed by atoms with E-state index in [9.17, 15) is 9.59 Å². The maximum Gasteiger partial charge on any atom is 0.243 e. The van der Waals surface area contributed by atoms with E-state index in [1.54, 1.807) is 16.2 Å². The first-order valence-electron chi connectivity index (χ1n) is 6.49. The molecule has 1 N–H and O–H groups in total. The average molecular weight is 280 g/mol. The Labute approximate surface area is 117 Å². The molecule has 2 rings (SSSR count). The van der Waals surface area contributed by atoms with Gasteiger partial charge in [0.2, 0.25) is 11.8 Å². The van der Waals surface area contributed by atoms with Crippen LogP contribution in [0.1, 0.15) is 25.6 Å². The Balaban J connectivity index is 2.13. The van der Waals surface area contributed by atoms with Gasteiger partial charge in [0.25, 0.3) is 0 Å². The summed E-state index contributed by atoms with van der Waals surface area (Å²) in [6, 6.07) is 3.69.